The number of piperidine rings is 1. The summed E-state index contributed by atoms with van der Waals surface area (Å²) in [5.74, 6) is -0.338. The van der Waals surface area contributed by atoms with Crippen LogP contribution in [0.3, 0.4) is 0 Å². The van der Waals surface area contributed by atoms with Crippen molar-refractivity contribution in [3.05, 3.63) is 23.8 Å². The topological polar surface area (TPSA) is 84.0 Å². The molecule has 1 aromatic carbocycles. The van der Waals surface area contributed by atoms with Gasteiger partial charge in [-0.25, -0.2) is 13.2 Å². The lowest BCUT2D eigenvalue weighted by atomic mass is 10.0. The molecule has 3 rings (SSSR count). The van der Waals surface area contributed by atoms with E-state index in [1.807, 2.05) is 9.80 Å². The maximum atomic E-state index is 12.2. The van der Waals surface area contributed by atoms with Gasteiger partial charge in [0.1, 0.15) is 0 Å². The number of amides is 1. The zero-order chi connectivity index (χ0) is 18.9. The zero-order valence-electron chi connectivity index (χ0n) is 15.1. The molecule has 1 aromatic rings. The smallest absolute Gasteiger partial charge is 0.337 e. The molecule has 0 aromatic heterocycles. The fourth-order valence-corrected chi connectivity index (χ4v) is 4.71. The molecule has 0 spiro atoms. The van der Waals surface area contributed by atoms with Crippen molar-refractivity contribution in [3.8, 4) is 0 Å². The monoisotopic (exact) mass is 380 g/mol. The van der Waals surface area contributed by atoms with Crippen LogP contribution in [-0.4, -0.2) is 64.2 Å². The second-order valence-corrected chi connectivity index (χ2v) is 8.84. The number of hydrogen-bond acceptors (Lipinski definition) is 6. The van der Waals surface area contributed by atoms with Gasteiger partial charge in [0.05, 0.1) is 23.3 Å². The Hall–Kier alpha value is -2.09. The minimum Gasteiger partial charge on any atom is -0.465 e. The third-order valence-corrected chi connectivity index (χ3v) is 6.26. The highest BCUT2D eigenvalue weighted by molar-refractivity contribution is 7.90. The Labute approximate surface area is 153 Å². The van der Waals surface area contributed by atoms with Crippen LogP contribution >= 0.6 is 0 Å². The lowest BCUT2D eigenvalue weighted by Gasteiger charge is -2.38. The van der Waals surface area contributed by atoms with Gasteiger partial charge in [-0.15, -0.1) is 0 Å². The summed E-state index contributed by atoms with van der Waals surface area (Å²) in [7, 11) is -2.23. The number of likely N-dealkylation sites (tertiary alicyclic amines) is 1. The van der Waals surface area contributed by atoms with Gasteiger partial charge in [0.25, 0.3) is 0 Å². The van der Waals surface area contributed by atoms with Gasteiger partial charge in [-0.1, -0.05) is 0 Å². The van der Waals surface area contributed by atoms with Gasteiger partial charge < -0.3 is 14.5 Å². The molecule has 0 N–H and O–H groups in total. The number of methoxy groups -OCH3 is 1. The number of carbonyl (C=O) groups excluding carboxylic acids is 2. The average Bonchev–Trinajstić information content (AvgIpc) is 3.06. The molecule has 0 bridgehead atoms. The summed E-state index contributed by atoms with van der Waals surface area (Å²) in [6.45, 7) is 2.18. The predicted octanol–water partition coefficient (Wildman–Crippen LogP) is 1.47. The maximum Gasteiger partial charge on any atom is 0.337 e. The lowest BCUT2D eigenvalue weighted by molar-refractivity contribution is -0.130. The van der Waals surface area contributed by atoms with Crippen molar-refractivity contribution in [2.75, 3.05) is 37.9 Å². The van der Waals surface area contributed by atoms with Crippen molar-refractivity contribution in [3.63, 3.8) is 0 Å². The third kappa shape index (κ3) is 3.70. The van der Waals surface area contributed by atoms with Crippen LogP contribution in [0, 0.1) is 0 Å². The summed E-state index contributed by atoms with van der Waals surface area (Å²) >= 11 is 0. The summed E-state index contributed by atoms with van der Waals surface area (Å²) in [5, 5.41) is 0. The third-order valence-electron chi connectivity index (χ3n) is 5.14. The van der Waals surface area contributed by atoms with Crippen molar-refractivity contribution in [1.29, 1.82) is 0 Å². The van der Waals surface area contributed by atoms with E-state index in [0.717, 1.165) is 32.1 Å². The summed E-state index contributed by atoms with van der Waals surface area (Å²) in [6, 6.07) is 4.87. The number of anilines is 1. The molecule has 1 amide bonds. The number of ether oxygens (including phenoxy) is 1. The molecule has 26 heavy (non-hydrogen) atoms. The van der Waals surface area contributed by atoms with Crippen LogP contribution in [0.5, 0.6) is 0 Å². The number of carbonyl (C=O) groups is 2. The van der Waals surface area contributed by atoms with E-state index in [1.54, 1.807) is 12.1 Å². The zero-order valence-corrected chi connectivity index (χ0v) is 15.9. The fraction of sp³-hybridized carbons (Fsp3) is 0.556. The number of nitrogens with zero attached hydrogens (tertiary/aromatic N) is 2. The Kier molecular flexibility index (Phi) is 5.22. The Morgan fingerprint density at radius 1 is 1.19 bits per heavy atom. The molecular formula is C18H24N2O5S. The van der Waals surface area contributed by atoms with Crippen LogP contribution < -0.4 is 4.90 Å². The standard InChI is InChI=1S/C18H24N2O5S/c1-25-18(22)13-5-6-15(16(12-13)26(2,23)24)19-10-7-14(8-11-19)20-9-3-4-17(20)21/h5-6,12,14H,3-4,7-11H2,1-2H3. The van der Waals surface area contributed by atoms with E-state index in [9.17, 15) is 18.0 Å². The molecule has 0 unspecified atom stereocenters. The molecule has 2 aliphatic heterocycles. The Morgan fingerprint density at radius 3 is 2.42 bits per heavy atom. The van der Waals surface area contributed by atoms with Crippen LogP contribution in [0.25, 0.3) is 0 Å². The van der Waals surface area contributed by atoms with E-state index < -0.39 is 15.8 Å². The molecule has 0 aliphatic carbocycles. The van der Waals surface area contributed by atoms with Crippen LogP contribution in [0.15, 0.2) is 23.1 Å². The second kappa shape index (κ2) is 7.26. The molecule has 142 valence electrons. The second-order valence-electron chi connectivity index (χ2n) is 6.86. The Morgan fingerprint density at radius 2 is 1.88 bits per heavy atom. The molecule has 2 fully saturated rings. The van der Waals surface area contributed by atoms with E-state index in [1.165, 1.54) is 13.2 Å². The summed E-state index contributed by atoms with van der Waals surface area (Å²) < 4.78 is 29.2. The fourth-order valence-electron chi connectivity index (χ4n) is 3.79. The number of rotatable bonds is 4. The van der Waals surface area contributed by atoms with E-state index in [-0.39, 0.29) is 22.4 Å². The molecule has 7 nitrogen and oxygen atoms in total. The van der Waals surface area contributed by atoms with E-state index >= 15 is 0 Å². The first kappa shape index (κ1) is 18.7. The highest BCUT2D eigenvalue weighted by Gasteiger charge is 2.32. The Bertz CT molecular complexity index is 813. The van der Waals surface area contributed by atoms with Gasteiger partial charge in [-0.05, 0) is 37.5 Å². The first-order valence-electron chi connectivity index (χ1n) is 8.78. The van der Waals surface area contributed by atoms with Crippen molar-refractivity contribution in [2.24, 2.45) is 0 Å². The van der Waals surface area contributed by atoms with E-state index in [0.29, 0.717) is 25.2 Å². The normalized spacial score (nSPS) is 19.1. The number of hydrogen-bond donors (Lipinski definition) is 0. The molecule has 2 heterocycles. The molecule has 0 radical (unpaired) electrons. The lowest BCUT2D eigenvalue weighted by Crippen LogP contribution is -2.45. The van der Waals surface area contributed by atoms with Gasteiger partial charge in [0.15, 0.2) is 9.84 Å². The summed E-state index contributed by atoms with van der Waals surface area (Å²) in [5.41, 5.74) is 0.820. The van der Waals surface area contributed by atoms with Gasteiger partial charge in [0, 0.05) is 38.4 Å². The van der Waals surface area contributed by atoms with Crippen molar-refractivity contribution >= 4 is 27.4 Å². The van der Waals surface area contributed by atoms with Gasteiger partial charge in [-0.3, -0.25) is 4.79 Å². The Balaban J connectivity index is 1.81. The molecule has 2 saturated heterocycles. The van der Waals surface area contributed by atoms with E-state index in [4.69, 9.17) is 0 Å². The first-order chi connectivity index (χ1) is 12.3. The van der Waals surface area contributed by atoms with Crippen LogP contribution in [0.4, 0.5) is 5.69 Å². The minimum absolute atomic E-state index is 0.135. The van der Waals surface area contributed by atoms with Gasteiger partial charge in [0.2, 0.25) is 5.91 Å². The average molecular weight is 380 g/mol. The predicted molar refractivity (Wildman–Crippen MR) is 97.1 cm³/mol. The van der Waals surface area contributed by atoms with Crippen LogP contribution in [0.2, 0.25) is 0 Å². The number of sulfone groups is 1. The van der Waals surface area contributed by atoms with Gasteiger partial charge >= 0.3 is 5.97 Å². The molecule has 0 saturated carbocycles. The molecule has 0 atom stereocenters. The quantitative estimate of drug-likeness (QED) is 0.736. The largest absolute Gasteiger partial charge is 0.465 e. The minimum atomic E-state index is -3.50. The first-order valence-corrected chi connectivity index (χ1v) is 10.7. The maximum absolute atomic E-state index is 12.2. The van der Waals surface area contributed by atoms with Crippen LogP contribution in [0.1, 0.15) is 36.0 Å². The number of benzene rings is 1. The SMILES string of the molecule is COC(=O)c1ccc(N2CCC(N3CCCC3=O)CC2)c(S(C)(=O)=O)c1. The van der Waals surface area contributed by atoms with Crippen molar-refractivity contribution < 1.29 is 22.7 Å². The van der Waals surface area contributed by atoms with Gasteiger partial charge in [-0.2, -0.15) is 0 Å². The van der Waals surface area contributed by atoms with Crippen molar-refractivity contribution in [2.45, 2.75) is 36.6 Å². The molecule has 2 aliphatic rings. The molecular weight excluding hydrogens is 356 g/mol. The van der Waals surface area contributed by atoms with Crippen LogP contribution in [-0.2, 0) is 19.4 Å². The summed E-state index contributed by atoms with van der Waals surface area (Å²) in [4.78, 5) is 27.8. The molecule has 8 heteroatoms. The highest BCUT2D eigenvalue weighted by atomic mass is 32.2. The van der Waals surface area contributed by atoms with E-state index in [2.05, 4.69) is 4.74 Å². The number of esters is 1. The highest BCUT2D eigenvalue weighted by Crippen LogP contribution is 2.31. The van der Waals surface area contributed by atoms with Crippen molar-refractivity contribution in [1.82, 2.24) is 4.90 Å². The summed E-state index contributed by atoms with van der Waals surface area (Å²) in [6.07, 6.45) is 4.32.